The fourth-order valence-corrected chi connectivity index (χ4v) is 5.07. The van der Waals surface area contributed by atoms with E-state index in [2.05, 4.69) is 38.4 Å². The van der Waals surface area contributed by atoms with Crippen LogP contribution in [0.15, 0.2) is 35.7 Å². The molecule has 1 amide bonds. The van der Waals surface area contributed by atoms with Gasteiger partial charge in [0.05, 0.1) is 12.6 Å². The van der Waals surface area contributed by atoms with Crippen molar-refractivity contribution in [2.24, 2.45) is 0 Å². The lowest BCUT2D eigenvalue weighted by molar-refractivity contribution is 0.0527. The molecular formula is C28H42F2N6O3. The summed E-state index contributed by atoms with van der Waals surface area (Å²) < 4.78 is 40.0. The van der Waals surface area contributed by atoms with Crippen LogP contribution in [0.2, 0.25) is 0 Å². The second-order valence-corrected chi connectivity index (χ2v) is 11.2. The van der Waals surface area contributed by atoms with Gasteiger partial charge in [0, 0.05) is 56.1 Å². The molecule has 3 atom stereocenters. The molecule has 1 aromatic carbocycles. The fourth-order valence-electron chi connectivity index (χ4n) is 5.07. The number of nitrogens with zero attached hydrogens (tertiary/aromatic N) is 1. The second-order valence-electron chi connectivity index (χ2n) is 11.2. The normalized spacial score (nSPS) is 23.0. The number of halogens is 2. The Balaban J connectivity index is 1.28. The van der Waals surface area contributed by atoms with Crippen molar-refractivity contribution in [2.75, 3.05) is 37.7 Å². The summed E-state index contributed by atoms with van der Waals surface area (Å²) >= 11 is 0. The van der Waals surface area contributed by atoms with Gasteiger partial charge in [0.15, 0.2) is 11.6 Å². The Hall–Kier alpha value is -3.05. The summed E-state index contributed by atoms with van der Waals surface area (Å²) in [7, 11) is 0. The van der Waals surface area contributed by atoms with Crippen LogP contribution in [-0.4, -0.2) is 62.9 Å². The van der Waals surface area contributed by atoms with E-state index in [1.54, 1.807) is 6.07 Å². The number of hydrogen-bond acceptors (Lipinski definition) is 8. The van der Waals surface area contributed by atoms with E-state index >= 15 is 0 Å². The molecule has 0 aromatic heterocycles. The molecule has 3 unspecified atom stereocenters. The lowest BCUT2D eigenvalue weighted by Crippen LogP contribution is -2.65. The number of carbonyl (C=O) groups is 1. The molecule has 216 valence electrons. The maximum Gasteiger partial charge on any atom is 0.407 e. The Kier molecular flexibility index (Phi) is 9.55. The predicted molar refractivity (Wildman–Crippen MR) is 147 cm³/mol. The highest BCUT2D eigenvalue weighted by Gasteiger charge is 2.34. The van der Waals surface area contributed by atoms with Gasteiger partial charge in [-0.2, -0.15) is 4.39 Å². The first-order valence-corrected chi connectivity index (χ1v) is 13.8. The molecule has 0 spiro atoms. The summed E-state index contributed by atoms with van der Waals surface area (Å²) in [6.45, 7) is 10.5. The van der Waals surface area contributed by atoms with Gasteiger partial charge in [-0.05, 0) is 58.7 Å². The average Bonchev–Trinajstić information content (AvgIpc) is 2.90. The van der Waals surface area contributed by atoms with Crippen molar-refractivity contribution >= 4 is 11.8 Å². The lowest BCUT2D eigenvalue weighted by Gasteiger charge is -2.44. The van der Waals surface area contributed by atoms with E-state index in [9.17, 15) is 13.6 Å². The summed E-state index contributed by atoms with van der Waals surface area (Å²) in [6, 6.07) is 2.86. The number of benzene rings is 1. The zero-order valence-corrected chi connectivity index (χ0v) is 23.3. The molecular weight excluding hydrogens is 506 g/mol. The van der Waals surface area contributed by atoms with Crippen LogP contribution >= 0.6 is 0 Å². The second kappa shape index (κ2) is 12.9. The number of unbranched alkanes of at least 4 members (excludes halogenated alkanes) is 2. The van der Waals surface area contributed by atoms with Crippen LogP contribution < -0.4 is 36.2 Å². The summed E-state index contributed by atoms with van der Waals surface area (Å²) in [5.74, 6) is -1.97. The molecule has 0 saturated heterocycles. The third-order valence-electron chi connectivity index (χ3n) is 7.05. The SMILES string of the molecule is CC1C2=C(CCN1c1cc(F)c(F)c(OCCCCCNC(=O)OC(C)(C)C)c1)NC(C1NC=CCN1)NC2. The van der Waals surface area contributed by atoms with Crippen molar-refractivity contribution in [2.45, 2.75) is 77.4 Å². The molecule has 3 heterocycles. The van der Waals surface area contributed by atoms with Crippen LogP contribution in [0.1, 0.15) is 53.4 Å². The van der Waals surface area contributed by atoms with Crippen molar-refractivity contribution in [3.63, 3.8) is 0 Å². The van der Waals surface area contributed by atoms with Crippen molar-refractivity contribution in [3.05, 3.63) is 47.3 Å². The van der Waals surface area contributed by atoms with E-state index in [1.807, 2.05) is 33.0 Å². The molecule has 4 rings (SSSR count). The number of hydrogen-bond donors (Lipinski definition) is 5. The first-order valence-electron chi connectivity index (χ1n) is 13.8. The molecule has 0 fully saturated rings. The number of alkyl carbamates (subject to hydrolysis) is 1. The highest BCUT2D eigenvalue weighted by atomic mass is 19.2. The number of nitrogens with one attached hydrogen (secondary N) is 5. The zero-order chi connectivity index (χ0) is 28.0. The Bertz CT molecular complexity index is 1070. The van der Waals surface area contributed by atoms with E-state index < -0.39 is 23.3 Å². The number of anilines is 1. The summed E-state index contributed by atoms with van der Waals surface area (Å²) in [5.41, 5.74) is 2.50. The van der Waals surface area contributed by atoms with Gasteiger partial charge in [-0.15, -0.1) is 0 Å². The molecule has 0 bridgehead atoms. The molecule has 39 heavy (non-hydrogen) atoms. The minimum absolute atomic E-state index is 0.0112. The van der Waals surface area contributed by atoms with Crippen molar-refractivity contribution < 1.29 is 23.0 Å². The van der Waals surface area contributed by atoms with Gasteiger partial charge in [-0.1, -0.05) is 6.08 Å². The average molecular weight is 549 g/mol. The van der Waals surface area contributed by atoms with Crippen LogP contribution in [0.5, 0.6) is 5.75 Å². The highest BCUT2D eigenvalue weighted by molar-refractivity contribution is 5.67. The maximum absolute atomic E-state index is 14.6. The van der Waals surface area contributed by atoms with Crippen LogP contribution in [0.25, 0.3) is 0 Å². The van der Waals surface area contributed by atoms with Gasteiger partial charge in [-0.3, -0.25) is 10.6 Å². The quantitative estimate of drug-likeness (QED) is 0.300. The molecule has 0 radical (unpaired) electrons. The molecule has 3 aliphatic rings. The van der Waals surface area contributed by atoms with Gasteiger partial charge in [-0.25, -0.2) is 9.18 Å². The fraction of sp³-hybridized carbons (Fsp3) is 0.607. The van der Waals surface area contributed by atoms with Crippen molar-refractivity contribution in [1.29, 1.82) is 0 Å². The molecule has 11 heteroatoms. The first-order chi connectivity index (χ1) is 18.6. The molecule has 1 aromatic rings. The number of amides is 1. The van der Waals surface area contributed by atoms with Gasteiger partial charge in [0.2, 0.25) is 5.82 Å². The van der Waals surface area contributed by atoms with E-state index in [4.69, 9.17) is 9.47 Å². The standard InChI is InChI=1S/C28H42F2N6O3/c1-18-20-17-34-26(25-31-11-8-12-32-25)35-22(20)9-13-36(18)19-15-21(29)24(30)23(16-19)38-14-7-5-6-10-33-27(37)39-28(2,3)4/h8,11,15-16,18,25-26,31-32,34-35H,5-7,9-10,12-14,17H2,1-4H3,(H,33,37). The predicted octanol–water partition coefficient (Wildman–Crippen LogP) is 3.44. The van der Waals surface area contributed by atoms with E-state index in [0.29, 0.717) is 31.7 Å². The summed E-state index contributed by atoms with van der Waals surface area (Å²) in [6.07, 6.45) is 6.64. The Morgan fingerprint density at radius 3 is 2.72 bits per heavy atom. The maximum atomic E-state index is 14.6. The largest absolute Gasteiger partial charge is 0.490 e. The minimum Gasteiger partial charge on any atom is -0.490 e. The van der Waals surface area contributed by atoms with Gasteiger partial charge < -0.3 is 30.3 Å². The van der Waals surface area contributed by atoms with Gasteiger partial charge in [0.1, 0.15) is 17.9 Å². The Morgan fingerprint density at radius 1 is 1.15 bits per heavy atom. The molecule has 9 nitrogen and oxygen atoms in total. The lowest BCUT2D eigenvalue weighted by atomic mass is 9.94. The van der Waals surface area contributed by atoms with E-state index in [0.717, 1.165) is 25.8 Å². The van der Waals surface area contributed by atoms with Crippen molar-refractivity contribution in [3.8, 4) is 5.75 Å². The minimum atomic E-state index is -0.972. The Morgan fingerprint density at radius 2 is 1.97 bits per heavy atom. The number of ether oxygens (including phenoxy) is 2. The summed E-state index contributed by atoms with van der Waals surface area (Å²) in [5, 5.41) is 16.6. The van der Waals surface area contributed by atoms with Gasteiger partial charge >= 0.3 is 6.09 Å². The molecule has 0 saturated carbocycles. The summed E-state index contributed by atoms with van der Waals surface area (Å²) in [4.78, 5) is 13.8. The van der Waals surface area contributed by atoms with Crippen LogP contribution in [0, 0.1) is 11.6 Å². The number of carbonyl (C=O) groups excluding carboxylic acids is 1. The smallest absolute Gasteiger partial charge is 0.407 e. The van der Waals surface area contributed by atoms with Crippen molar-refractivity contribution in [1.82, 2.24) is 26.6 Å². The van der Waals surface area contributed by atoms with Crippen LogP contribution in [0.4, 0.5) is 19.3 Å². The number of rotatable bonds is 9. The Labute approximate surface area is 229 Å². The zero-order valence-electron chi connectivity index (χ0n) is 23.3. The molecule has 3 aliphatic heterocycles. The molecule has 0 aliphatic carbocycles. The first kappa shape index (κ1) is 28.9. The van der Waals surface area contributed by atoms with Crippen LogP contribution in [-0.2, 0) is 4.74 Å². The van der Waals surface area contributed by atoms with Gasteiger partial charge in [0.25, 0.3) is 0 Å². The monoisotopic (exact) mass is 548 g/mol. The third-order valence-corrected chi connectivity index (χ3v) is 7.05. The topological polar surface area (TPSA) is 98.9 Å². The van der Waals surface area contributed by atoms with E-state index in [-0.39, 0.29) is 30.7 Å². The molecule has 5 N–H and O–H groups in total. The highest BCUT2D eigenvalue weighted by Crippen LogP contribution is 2.34. The van der Waals surface area contributed by atoms with Crippen LogP contribution in [0.3, 0.4) is 0 Å². The third kappa shape index (κ3) is 7.76. The van der Waals surface area contributed by atoms with E-state index in [1.165, 1.54) is 17.3 Å².